The van der Waals surface area contributed by atoms with Crippen LogP contribution in [0.15, 0.2) is 23.8 Å². The maximum absolute atomic E-state index is 9.41. The van der Waals surface area contributed by atoms with Crippen molar-refractivity contribution < 1.29 is 5.11 Å². The van der Waals surface area contributed by atoms with E-state index in [1.807, 2.05) is 13.0 Å². The predicted molar refractivity (Wildman–Crippen MR) is 65.7 cm³/mol. The summed E-state index contributed by atoms with van der Waals surface area (Å²) in [7, 11) is 0. The van der Waals surface area contributed by atoms with Gasteiger partial charge in [0.25, 0.3) is 0 Å². The molecule has 1 aliphatic carbocycles. The van der Waals surface area contributed by atoms with E-state index in [0.717, 1.165) is 12.8 Å². The molecular weight excluding hydrogens is 184 g/mol. The van der Waals surface area contributed by atoms with Gasteiger partial charge in [0, 0.05) is 0 Å². The second kappa shape index (κ2) is 4.98. The molecule has 0 saturated carbocycles. The molecule has 0 amide bonds. The summed E-state index contributed by atoms with van der Waals surface area (Å²) in [5, 5.41) is 9.41. The van der Waals surface area contributed by atoms with E-state index in [1.54, 1.807) is 0 Å². The van der Waals surface area contributed by atoms with Crippen LogP contribution in [0.1, 0.15) is 47.0 Å². The zero-order valence-corrected chi connectivity index (χ0v) is 10.5. The Morgan fingerprint density at radius 1 is 1.60 bits per heavy atom. The molecule has 0 aromatic rings. The number of hydrogen-bond acceptors (Lipinski definition) is 1. The second-order valence-corrected chi connectivity index (χ2v) is 5.18. The summed E-state index contributed by atoms with van der Waals surface area (Å²) in [6.07, 6.45) is 9.25. The molecule has 1 nitrogen and oxygen atoms in total. The number of aliphatic hydroxyl groups excluding tert-OH is 1. The molecule has 0 bridgehead atoms. The lowest BCUT2D eigenvalue weighted by Gasteiger charge is -2.28. The van der Waals surface area contributed by atoms with Crippen LogP contribution in [0, 0.1) is 11.3 Å². The highest BCUT2D eigenvalue weighted by molar-refractivity contribution is 5.19. The summed E-state index contributed by atoms with van der Waals surface area (Å²) < 4.78 is 0. The Balaban J connectivity index is 2.45. The van der Waals surface area contributed by atoms with Crippen LogP contribution in [-0.2, 0) is 0 Å². The van der Waals surface area contributed by atoms with Gasteiger partial charge >= 0.3 is 0 Å². The molecule has 2 unspecified atom stereocenters. The minimum Gasteiger partial charge on any atom is -0.389 e. The van der Waals surface area contributed by atoms with Gasteiger partial charge in [-0.05, 0) is 37.5 Å². The lowest BCUT2D eigenvalue weighted by Crippen LogP contribution is -2.19. The smallest absolute Gasteiger partial charge is 0.0718 e. The third kappa shape index (κ3) is 2.94. The molecule has 1 N–H and O–H groups in total. The van der Waals surface area contributed by atoms with Crippen LogP contribution in [0.25, 0.3) is 0 Å². The van der Waals surface area contributed by atoms with Gasteiger partial charge in [0.2, 0.25) is 0 Å². The van der Waals surface area contributed by atoms with Gasteiger partial charge in [0.15, 0.2) is 0 Å². The van der Waals surface area contributed by atoms with E-state index in [0.29, 0.717) is 11.3 Å². The molecule has 0 aliphatic heterocycles. The third-order valence-corrected chi connectivity index (χ3v) is 3.94. The quantitative estimate of drug-likeness (QED) is 0.698. The average molecular weight is 208 g/mol. The van der Waals surface area contributed by atoms with E-state index in [1.165, 1.54) is 12.0 Å². The van der Waals surface area contributed by atoms with Crippen molar-refractivity contribution in [2.75, 3.05) is 0 Å². The van der Waals surface area contributed by atoms with Crippen molar-refractivity contribution in [3.63, 3.8) is 0 Å². The van der Waals surface area contributed by atoms with Crippen LogP contribution in [0.5, 0.6) is 0 Å². The van der Waals surface area contributed by atoms with E-state index in [4.69, 9.17) is 0 Å². The van der Waals surface area contributed by atoms with Gasteiger partial charge in [0.05, 0.1) is 6.10 Å². The van der Waals surface area contributed by atoms with Crippen LogP contribution in [0.3, 0.4) is 0 Å². The Hall–Kier alpha value is -0.560. The fraction of sp³-hybridized carbons (Fsp3) is 0.714. The van der Waals surface area contributed by atoms with Crippen LogP contribution in [-0.4, -0.2) is 11.2 Å². The standard InChI is InChI=1S/C14H24O/c1-5-13(15)8-6-7-12-10-9-11(2)14(12,3)4/h6,8-9,12-13,15H,5,7,10H2,1-4H3. The first-order chi connectivity index (χ1) is 6.98. The third-order valence-electron chi connectivity index (χ3n) is 3.94. The summed E-state index contributed by atoms with van der Waals surface area (Å²) in [6.45, 7) is 8.87. The minimum atomic E-state index is -0.261. The molecule has 0 aromatic heterocycles. The molecule has 0 heterocycles. The first kappa shape index (κ1) is 12.5. The van der Waals surface area contributed by atoms with Gasteiger partial charge in [-0.25, -0.2) is 0 Å². The van der Waals surface area contributed by atoms with Gasteiger partial charge in [-0.2, -0.15) is 0 Å². The number of aliphatic hydroxyl groups is 1. The second-order valence-electron chi connectivity index (χ2n) is 5.18. The maximum atomic E-state index is 9.41. The highest BCUT2D eigenvalue weighted by Gasteiger charge is 2.33. The molecule has 86 valence electrons. The fourth-order valence-corrected chi connectivity index (χ4v) is 2.13. The first-order valence-electron chi connectivity index (χ1n) is 6.00. The molecule has 0 aromatic carbocycles. The van der Waals surface area contributed by atoms with Gasteiger partial charge in [-0.3, -0.25) is 0 Å². The maximum Gasteiger partial charge on any atom is 0.0718 e. The van der Waals surface area contributed by atoms with Crippen molar-refractivity contribution in [3.05, 3.63) is 23.8 Å². The highest BCUT2D eigenvalue weighted by atomic mass is 16.3. The topological polar surface area (TPSA) is 20.2 Å². The van der Waals surface area contributed by atoms with Crippen LogP contribution in [0.4, 0.5) is 0 Å². The van der Waals surface area contributed by atoms with Crippen LogP contribution >= 0.6 is 0 Å². The van der Waals surface area contributed by atoms with Gasteiger partial charge in [-0.15, -0.1) is 0 Å². The van der Waals surface area contributed by atoms with Crippen LogP contribution in [0.2, 0.25) is 0 Å². The van der Waals surface area contributed by atoms with E-state index in [2.05, 4.69) is 32.9 Å². The van der Waals surface area contributed by atoms with Crippen molar-refractivity contribution in [3.8, 4) is 0 Å². The van der Waals surface area contributed by atoms with Gasteiger partial charge in [-0.1, -0.05) is 44.6 Å². The molecule has 2 atom stereocenters. The molecule has 0 spiro atoms. The molecule has 1 rings (SSSR count). The molecular formula is C14H24O. The zero-order chi connectivity index (χ0) is 11.5. The van der Waals surface area contributed by atoms with Crippen molar-refractivity contribution in [2.24, 2.45) is 11.3 Å². The number of rotatable bonds is 4. The van der Waals surface area contributed by atoms with E-state index < -0.39 is 0 Å². The van der Waals surface area contributed by atoms with Crippen molar-refractivity contribution in [2.45, 2.75) is 53.1 Å². The average Bonchev–Trinajstić information content (AvgIpc) is 2.44. The first-order valence-corrected chi connectivity index (χ1v) is 6.00. The molecule has 1 heteroatoms. The lowest BCUT2D eigenvalue weighted by atomic mass is 9.76. The van der Waals surface area contributed by atoms with E-state index in [9.17, 15) is 5.11 Å². The van der Waals surface area contributed by atoms with Gasteiger partial charge in [0.1, 0.15) is 0 Å². The van der Waals surface area contributed by atoms with E-state index in [-0.39, 0.29) is 6.10 Å². The fourth-order valence-electron chi connectivity index (χ4n) is 2.13. The van der Waals surface area contributed by atoms with Crippen molar-refractivity contribution in [1.82, 2.24) is 0 Å². The summed E-state index contributed by atoms with van der Waals surface area (Å²) in [4.78, 5) is 0. The Bertz CT molecular complexity index is 261. The normalized spacial score (nSPS) is 27.0. The lowest BCUT2D eigenvalue weighted by molar-refractivity contribution is 0.218. The Morgan fingerprint density at radius 3 is 2.73 bits per heavy atom. The molecule has 1 aliphatic rings. The summed E-state index contributed by atoms with van der Waals surface area (Å²) in [5.41, 5.74) is 1.85. The Morgan fingerprint density at radius 2 is 2.27 bits per heavy atom. The molecule has 0 saturated heterocycles. The molecule has 0 radical (unpaired) electrons. The molecule has 0 fully saturated rings. The monoisotopic (exact) mass is 208 g/mol. The summed E-state index contributed by atoms with van der Waals surface area (Å²) in [5.74, 6) is 0.706. The number of allylic oxidation sites excluding steroid dienone is 3. The van der Waals surface area contributed by atoms with Crippen molar-refractivity contribution in [1.29, 1.82) is 0 Å². The number of hydrogen-bond donors (Lipinski definition) is 1. The molecule has 15 heavy (non-hydrogen) atoms. The minimum absolute atomic E-state index is 0.261. The Labute approximate surface area is 93.9 Å². The summed E-state index contributed by atoms with van der Waals surface area (Å²) in [6, 6.07) is 0. The predicted octanol–water partition coefficient (Wildman–Crippen LogP) is 3.70. The largest absolute Gasteiger partial charge is 0.389 e. The Kier molecular flexibility index (Phi) is 4.15. The summed E-state index contributed by atoms with van der Waals surface area (Å²) >= 11 is 0. The van der Waals surface area contributed by atoms with Crippen LogP contribution < -0.4 is 0 Å². The highest BCUT2D eigenvalue weighted by Crippen LogP contribution is 2.44. The van der Waals surface area contributed by atoms with Crippen molar-refractivity contribution >= 4 is 0 Å². The van der Waals surface area contributed by atoms with E-state index >= 15 is 0 Å². The van der Waals surface area contributed by atoms with Gasteiger partial charge < -0.3 is 5.11 Å². The zero-order valence-electron chi connectivity index (χ0n) is 10.5. The SMILES string of the molecule is CCC(O)C=CCC1CC=C(C)C1(C)C.